The third-order valence-electron chi connectivity index (χ3n) is 12.7. The molecular formula is C54H41NS. The normalized spacial score (nSPS) is 14.4. The van der Waals surface area contributed by atoms with Crippen LogP contribution in [0.25, 0.3) is 64.7 Å². The van der Waals surface area contributed by atoms with Gasteiger partial charge in [0.2, 0.25) is 0 Å². The SMILES string of the molecule is CC1(C)c2ccccc2-c2ccc(-c3ccccc3N(c3ccccc3-c3ccc4sc5ccccc5c4c3)c3cccc4c3-c3ccccc3C4(C)C)cc21. The van der Waals surface area contributed by atoms with Crippen LogP contribution in [0.1, 0.15) is 49.9 Å². The maximum atomic E-state index is 2.56. The molecule has 0 amide bonds. The van der Waals surface area contributed by atoms with Gasteiger partial charge in [-0.3, -0.25) is 0 Å². The van der Waals surface area contributed by atoms with Gasteiger partial charge in [0, 0.05) is 47.7 Å². The van der Waals surface area contributed by atoms with E-state index in [9.17, 15) is 0 Å². The van der Waals surface area contributed by atoms with Gasteiger partial charge in [0.1, 0.15) is 0 Å². The van der Waals surface area contributed by atoms with E-state index in [0.717, 1.165) is 11.4 Å². The highest BCUT2D eigenvalue weighted by Crippen LogP contribution is 2.56. The van der Waals surface area contributed by atoms with Crippen molar-refractivity contribution in [3.63, 3.8) is 0 Å². The van der Waals surface area contributed by atoms with Crippen molar-refractivity contribution in [2.45, 2.75) is 38.5 Å². The molecule has 1 heterocycles. The summed E-state index contributed by atoms with van der Waals surface area (Å²) >= 11 is 1.87. The van der Waals surface area contributed by atoms with E-state index in [0.29, 0.717) is 0 Å². The number of hydrogen-bond donors (Lipinski definition) is 0. The van der Waals surface area contributed by atoms with Crippen LogP contribution in [-0.2, 0) is 10.8 Å². The fourth-order valence-electron chi connectivity index (χ4n) is 9.90. The first-order valence-corrected chi connectivity index (χ1v) is 20.5. The lowest BCUT2D eigenvalue weighted by molar-refractivity contribution is 0.660. The molecule has 2 aliphatic rings. The molecule has 0 N–H and O–H groups in total. The molecule has 0 aliphatic heterocycles. The summed E-state index contributed by atoms with van der Waals surface area (Å²) in [7, 11) is 0. The molecule has 0 saturated heterocycles. The third-order valence-corrected chi connectivity index (χ3v) is 13.9. The van der Waals surface area contributed by atoms with E-state index < -0.39 is 0 Å². The standard InChI is InChI=1S/C54H41NS/c1-53(2)44-22-11-6-20-41(44)52-45(53)23-15-26-49(52)55(47-24-12-7-16-36(47)34-29-31-51-42(32-34)40-19-9-14-27-50(40)56-51)48-25-13-8-17-37(48)35-28-30-39-38-18-5-10-21-43(38)54(3,4)46(39)33-35/h5-33H,1-4H3. The average molecular weight is 736 g/mol. The van der Waals surface area contributed by atoms with E-state index in [2.05, 4.69) is 209 Å². The van der Waals surface area contributed by atoms with Crippen LogP contribution in [0.2, 0.25) is 0 Å². The average Bonchev–Trinajstić information content (AvgIpc) is 3.81. The molecule has 11 rings (SSSR count). The van der Waals surface area contributed by atoms with E-state index in [1.807, 2.05) is 11.3 Å². The predicted octanol–water partition coefficient (Wildman–Crippen LogP) is 15.5. The van der Waals surface area contributed by atoms with Gasteiger partial charge in [-0.25, -0.2) is 0 Å². The fourth-order valence-corrected chi connectivity index (χ4v) is 11.0. The predicted molar refractivity (Wildman–Crippen MR) is 240 cm³/mol. The Hall–Kier alpha value is -6.22. The van der Waals surface area contributed by atoms with Crippen molar-refractivity contribution >= 4 is 48.6 Å². The Bertz CT molecular complexity index is 3050. The second kappa shape index (κ2) is 12.1. The van der Waals surface area contributed by atoms with Crippen molar-refractivity contribution in [1.82, 2.24) is 0 Å². The topological polar surface area (TPSA) is 3.24 Å². The zero-order valence-electron chi connectivity index (χ0n) is 32.1. The van der Waals surface area contributed by atoms with Gasteiger partial charge < -0.3 is 4.90 Å². The van der Waals surface area contributed by atoms with Crippen molar-refractivity contribution in [2.75, 3.05) is 4.90 Å². The summed E-state index contributed by atoms with van der Waals surface area (Å²) in [5.41, 5.74) is 18.9. The number of anilines is 3. The van der Waals surface area contributed by atoms with E-state index in [1.165, 1.54) is 92.6 Å². The van der Waals surface area contributed by atoms with E-state index in [4.69, 9.17) is 0 Å². The molecule has 0 spiro atoms. The Morgan fingerprint density at radius 1 is 0.357 bits per heavy atom. The highest BCUT2D eigenvalue weighted by molar-refractivity contribution is 7.25. The molecule has 0 atom stereocenters. The van der Waals surface area contributed by atoms with E-state index >= 15 is 0 Å². The summed E-state index contributed by atoms with van der Waals surface area (Å²) in [6, 6.07) is 65.9. The third kappa shape index (κ3) is 4.72. The van der Waals surface area contributed by atoms with Gasteiger partial charge in [-0.2, -0.15) is 0 Å². The number of nitrogens with zero attached hydrogens (tertiary/aromatic N) is 1. The molecule has 2 heteroatoms. The first kappa shape index (κ1) is 33.1. The van der Waals surface area contributed by atoms with Crippen molar-refractivity contribution in [3.05, 3.63) is 198 Å². The minimum absolute atomic E-state index is 0.0941. The van der Waals surface area contributed by atoms with Gasteiger partial charge in [0.25, 0.3) is 0 Å². The van der Waals surface area contributed by atoms with Crippen LogP contribution in [0.15, 0.2) is 176 Å². The number of benzene rings is 8. The van der Waals surface area contributed by atoms with E-state index in [1.54, 1.807) is 0 Å². The van der Waals surface area contributed by atoms with Crippen LogP contribution in [0.3, 0.4) is 0 Å². The zero-order valence-corrected chi connectivity index (χ0v) is 32.9. The van der Waals surface area contributed by atoms with Crippen molar-refractivity contribution in [2.24, 2.45) is 0 Å². The number of hydrogen-bond acceptors (Lipinski definition) is 2. The van der Waals surface area contributed by atoms with Crippen LogP contribution in [0.5, 0.6) is 0 Å². The van der Waals surface area contributed by atoms with Gasteiger partial charge in [-0.05, 0) is 92.5 Å². The quantitative estimate of drug-likeness (QED) is 0.170. The molecule has 2 aliphatic carbocycles. The molecule has 0 saturated carbocycles. The molecule has 0 bridgehead atoms. The molecule has 0 radical (unpaired) electrons. The molecule has 9 aromatic rings. The van der Waals surface area contributed by atoms with Crippen molar-refractivity contribution in [1.29, 1.82) is 0 Å². The van der Waals surface area contributed by atoms with Crippen LogP contribution in [-0.4, -0.2) is 0 Å². The molecule has 0 fully saturated rings. The number of thiophene rings is 1. The number of rotatable bonds is 5. The highest BCUT2D eigenvalue weighted by atomic mass is 32.1. The lowest BCUT2D eigenvalue weighted by Crippen LogP contribution is -2.17. The summed E-state index contributed by atoms with van der Waals surface area (Å²) in [6.07, 6.45) is 0. The summed E-state index contributed by atoms with van der Waals surface area (Å²) in [4.78, 5) is 2.56. The minimum Gasteiger partial charge on any atom is -0.309 e. The van der Waals surface area contributed by atoms with Crippen LogP contribution < -0.4 is 4.90 Å². The molecule has 1 nitrogen and oxygen atoms in total. The molecule has 8 aromatic carbocycles. The van der Waals surface area contributed by atoms with Crippen LogP contribution in [0, 0.1) is 0 Å². The van der Waals surface area contributed by atoms with Gasteiger partial charge in [-0.15, -0.1) is 11.3 Å². The Morgan fingerprint density at radius 3 is 1.61 bits per heavy atom. The lowest BCUT2D eigenvalue weighted by Gasteiger charge is -2.32. The van der Waals surface area contributed by atoms with E-state index in [-0.39, 0.29) is 10.8 Å². The molecule has 1 aromatic heterocycles. The first-order chi connectivity index (χ1) is 27.3. The van der Waals surface area contributed by atoms with Crippen molar-refractivity contribution < 1.29 is 0 Å². The Balaban J connectivity index is 1.18. The second-order valence-electron chi connectivity index (χ2n) is 16.5. The first-order valence-electron chi connectivity index (χ1n) is 19.7. The lowest BCUT2D eigenvalue weighted by atomic mass is 9.81. The van der Waals surface area contributed by atoms with Gasteiger partial charge in [0.05, 0.1) is 17.1 Å². The molecule has 56 heavy (non-hydrogen) atoms. The number of para-hydroxylation sites is 2. The summed E-state index contributed by atoms with van der Waals surface area (Å²) in [5.74, 6) is 0. The van der Waals surface area contributed by atoms with Gasteiger partial charge in [-0.1, -0.05) is 161 Å². The second-order valence-corrected chi connectivity index (χ2v) is 17.6. The molecular weight excluding hydrogens is 695 g/mol. The fraction of sp³-hybridized carbons (Fsp3) is 0.111. The van der Waals surface area contributed by atoms with Crippen LogP contribution >= 0.6 is 11.3 Å². The van der Waals surface area contributed by atoms with Gasteiger partial charge >= 0.3 is 0 Å². The maximum absolute atomic E-state index is 2.56. The minimum atomic E-state index is -0.127. The number of fused-ring (bicyclic) bond motifs is 9. The largest absolute Gasteiger partial charge is 0.309 e. The zero-order chi connectivity index (χ0) is 37.8. The summed E-state index contributed by atoms with van der Waals surface area (Å²) in [5, 5.41) is 2.62. The van der Waals surface area contributed by atoms with Crippen molar-refractivity contribution in [3.8, 4) is 44.5 Å². The Morgan fingerprint density at radius 2 is 0.857 bits per heavy atom. The summed E-state index contributed by atoms with van der Waals surface area (Å²) in [6.45, 7) is 9.49. The molecule has 268 valence electrons. The highest BCUT2D eigenvalue weighted by Gasteiger charge is 2.39. The smallest absolute Gasteiger partial charge is 0.0543 e. The molecule has 0 unspecified atom stereocenters. The monoisotopic (exact) mass is 735 g/mol. The van der Waals surface area contributed by atoms with Gasteiger partial charge in [0.15, 0.2) is 0 Å². The Kier molecular flexibility index (Phi) is 7.18. The summed E-state index contributed by atoms with van der Waals surface area (Å²) < 4.78 is 2.64. The maximum Gasteiger partial charge on any atom is 0.0543 e. The van der Waals surface area contributed by atoms with Crippen LogP contribution in [0.4, 0.5) is 17.1 Å². The Labute approximate surface area is 333 Å².